The summed E-state index contributed by atoms with van der Waals surface area (Å²) in [6.45, 7) is 4.43. The Hall–Kier alpha value is -1.17. The van der Waals surface area contributed by atoms with Gasteiger partial charge in [0, 0.05) is 13.5 Å². The van der Waals surface area contributed by atoms with Gasteiger partial charge in [0.1, 0.15) is 11.6 Å². The number of benzene rings is 1. The molecule has 0 atom stereocenters. The van der Waals surface area contributed by atoms with E-state index >= 15 is 0 Å². The first-order valence-electron chi connectivity index (χ1n) is 6.87. The molecule has 0 saturated carbocycles. The van der Waals surface area contributed by atoms with Crippen LogP contribution < -0.4 is 5.32 Å². The maximum Gasteiger partial charge on any atom is 0.143 e. The van der Waals surface area contributed by atoms with Gasteiger partial charge < -0.3 is 5.32 Å². The molecule has 0 aliphatic rings. The molecule has 0 spiro atoms. The minimum atomic E-state index is 0.590. The first-order chi connectivity index (χ1) is 9.60. The van der Waals surface area contributed by atoms with Crippen molar-refractivity contribution in [1.29, 1.82) is 0 Å². The van der Waals surface area contributed by atoms with E-state index < -0.39 is 0 Å². The molecule has 0 aliphatic heterocycles. The molecule has 1 aromatic carbocycles. The van der Waals surface area contributed by atoms with E-state index in [0.717, 1.165) is 33.7 Å². The summed E-state index contributed by atoms with van der Waals surface area (Å²) in [6.07, 6.45) is 1.76. The van der Waals surface area contributed by atoms with Crippen LogP contribution in [0.5, 0.6) is 0 Å². The third-order valence-corrected chi connectivity index (χ3v) is 4.14. The molecular weight excluding hydrogens is 361 g/mol. The summed E-state index contributed by atoms with van der Waals surface area (Å²) in [6, 6.07) is 10.4. The van der Waals surface area contributed by atoms with Crippen molar-refractivity contribution in [3.63, 3.8) is 0 Å². The predicted molar refractivity (Wildman–Crippen MR) is 92.1 cm³/mol. The van der Waals surface area contributed by atoms with Crippen molar-refractivity contribution in [2.24, 2.45) is 5.92 Å². The molecule has 0 aliphatic carbocycles. The van der Waals surface area contributed by atoms with Gasteiger partial charge >= 0.3 is 0 Å². The van der Waals surface area contributed by atoms with Crippen LogP contribution in [0.2, 0.25) is 0 Å². The lowest BCUT2D eigenvalue weighted by Gasteiger charge is -2.12. The highest BCUT2D eigenvalue weighted by molar-refractivity contribution is 14.1. The zero-order valence-corrected chi connectivity index (χ0v) is 14.3. The zero-order valence-electron chi connectivity index (χ0n) is 12.2. The van der Waals surface area contributed by atoms with Gasteiger partial charge in [-0.15, -0.1) is 0 Å². The Bertz CT molecular complexity index is 567. The van der Waals surface area contributed by atoms with Crippen molar-refractivity contribution in [3.8, 4) is 0 Å². The Kier molecular flexibility index (Phi) is 5.34. The number of nitrogens with zero attached hydrogens (tertiary/aromatic N) is 2. The van der Waals surface area contributed by atoms with Gasteiger partial charge in [0.05, 0.1) is 9.26 Å². The Morgan fingerprint density at radius 2 is 1.85 bits per heavy atom. The molecule has 4 heteroatoms. The summed E-state index contributed by atoms with van der Waals surface area (Å²) in [5.41, 5.74) is 2.39. The Balaban J connectivity index is 2.33. The van der Waals surface area contributed by atoms with Crippen molar-refractivity contribution in [3.05, 3.63) is 51.0 Å². The second kappa shape index (κ2) is 7.02. The van der Waals surface area contributed by atoms with Gasteiger partial charge in [0.2, 0.25) is 0 Å². The smallest absolute Gasteiger partial charge is 0.143 e. The van der Waals surface area contributed by atoms with E-state index in [1.807, 2.05) is 13.1 Å². The van der Waals surface area contributed by atoms with Gasteiger partial charge in [0.25, 0.3) is 0 Å². The molecule has 106 valence electrons. The van der Waals surface area contributed by atoms with Crippen LogP contribution in [0, 0.1) is 9.49 Å². The van der Waals surface area contributed by atoms with Crippen molar-refractivity contribution in [1.82, 2.24) is 9.97 Å². The molecule has 0 bridgehead atoms. The first-order valence-corrected chi connectivity index (χ1v) is 7.95. The normalized spacial score (nSPS) is 10.8. The summed E-state index contributed by atoms with van der Waals surface area (Å²) in [5.74, 6) is 2.41. The maximum atomic E-state index is 4.76. The molecule has 3 nitrogen and oxygen atoms in total. The van der Waals surface area contributed by atoms with Gasteiger partial charge in [-0.2, -0.15) is 0 Å². The Labute approximate surface area is 134 Å². The standard InChI is InChI=1S/C16H20IN3/c1-11(2)9-13-15(17)16(18-3)20-14(19-13)10-12-7-5-4-6-8-12/h4-8,11H,9-10H2,1-3H3,(H,18,19,20). The van der Waals surface area contributed by atoms with Crippen LogP contribution in [0.25, 0.3) is 0 Å². The van der Waals surface area contributed by atoms with Crippen molar-refractivity contribution >= 4 is 28.4 Å². The summed E-state index contributed by atoms with van der Waals surface area (Å²) in [7, 11) is 1.91. The van der Waals surface area contributed by atoms with E-state index in [2.05, 4.69) is 71.0 Å². The molecule has 1 aromatic heterocycles. The van der Waals surface area contributed by atoms with Crippen LogP contribution in [0.4, 0.5) is 5.82 Å². The molecular formula is C16H20IN3. The SMILES string of the molecule is CNc1nc(Cc2ccccc2)nc(CC(C)C)c1I. The van der Waals surface area contributed by atoms with Crippen molar-refractivity contribution < 1.29 is 0 Å². The zero-order chi connectivity index (χ0) is 14.5. The average molecular weight is 381 g/mol. The highest BCUT2D eigenvalue weighted by Crippen LogP contribution is 2.22. The van der Waals surface area contributed by atoms with Gasteiger partial charge in [-0.05, 0) is 40.5 Å². The minimum Gasteiger partial charge on any atom is -0.372 e. The topological polar surface area (TPSA) is 37.8 Å². The molecule has 2 aromatic rings. The molecule has 1 N–H and O–H groups in total. The molecule has 1 heterocycles. The second-order valence-electron chi connectivity index (χ2n) is 5.26. The van der Waals surface area contributed by atoms with Gasteiger partial charge in [-0.1, -0.05) is 44.2 Å². The fraction of sp³-hybridized carbons (Fsp3) is 0.375. The van der Waals surface area contributed by atoms with Crippen LogP contribution in [0.15, 0.2) is 30.3 Å². The lowest BCUT2D eigenvalue weighted by molar-refractivity contribution is 0.628. The van der Waals surface area contributed by atoms with E-state index in [4.69, 9.17) is 4.98 Å². The Morgan fingerprint density at radius 3 is 2.45 bits per heavy atom. The number of aromatic nitrogens is 2. The highest BCUT2D eigenvalue weighted by Gasteiger charge is 2.12. The van der Waals surface area contributed by atoms with E-state index in [1.165, 1.54) is 5.56 Å². The molecule has 0 fully saturated rings. The highest BCUT2D eigenvalue weighted by atomic mass is 127. The van der Waals surface area contributed by atoms with Crippen LogP contribution in [-0.2, 0) is 12.8 Å². The summed E-state index contributed by atoms with van der Waals surface area (Å²) < 4.78 is 1.13. The number of halogens is 1. The van der Waals surface area contributed by atoms with Gasteiger partial charge in [0.15, 0.2) is 0 Å². The fourth-order valence-corrected chi connectivity index (χ4v) is 2.82. The molecule has 0 saturated heterocycles. The van der Waals surface area contributed by atoms with E-state index in [9.17, 15) is 0 Å². The molecule has 2 rings (SSSR count). The van der Waals surface area contributed by atoms with E-state index in [-0.39, 0.29) is 0 Å². The van der Waals surface area contributed by atoms with Crippen molar-refractivity contribution in [2.75, 3.05) is 12.4 Å². The first kappa shape index (κ1) is 15.2. The molecule has 0 radical (unpaired) electrons. The largest absolute Gasteiger partial charge is 0.372 e. The third-order valence-electron chi connectivity index (χ3n) is 3.01. The third kappa shape index (κ3) is 3.91. The molecule has 0 amide bonds. The van der Waals surface area contributed by atoms with Crippen LogP contribution >= 0.6 is 22.6 Å². The van der Waals surface area contributed by atoms with Gasteiger partial charge in [-0.3, -0.25) is 0 Å². The van der Waals surface area contributed by atoms with Crippen LogP contribution in [0.1, 0.15) is 30.9 Å². The maximum absolute atomic E-state index is 4.76. The summed E-state index contributed by atoms with van der Waals surface area (Å²) in [4.78, 5) is 9.38. The number of anilines is 1. The van der Waals surface area contributed by atoms with Crippen LogP contribution in [0.3, 0.4) is 0 Å². The number of hydrogen-bond donors (Lipinski definition) is 1. The van der Waals surface area contributed by atoms with Crippen molar-refractivity contribution in [2.45, 2.75) is 26.7 Å². The summed E-state index contributed by atoms with van der Waals surface area (Å²) in [5, 5.41) is 3.18. The monoisotopic (exact) mass is 381 g/mol. The fourth-order valence-electron chi connectivity index (χ4n) is 2.09. The average Bonchev–Trinajstić information content (AvgIpc) is 2.43. The quantitative estimate of drug-likeness (QED) is 0.799. The summed E-state index contributed by atoms with van der Waals surface area (Å²) >= 11 is 2.33. The number of rotatable bonds is 5. The molecule has 20 heavy (non-hydrogen) atoms. The van der Waals surface area contributed by atoms with E-state index in [1.54, 1.807) is 0 Å². The number of nitrogens with one attached hydrogen (secondary N) is 1. The second-order valence-corrected chi connectivity index (χ2v) is 6.34. The molecule has 0 unspecified atom stereocenters. The Morgan fingerprint density at radius 1 is 1.15 bits per heavy atom. The van der Waals surface area contributed by atoms with E-state index in [0.29, 0.717) is 5.92 Å². The minimum absolute atomic E-state index is 0.590. The predicted octanol–water partition coefficient (Wildman–Crippen LogP) is 3.91. The lowest BCUT2D eigenvalue weighted by Crippen LogP contribution is -2.10. The lowest BCUT2D eigenvalue weighted by atomic mass is 10.1. The number of hydrogen-bond acceptors (Lipinski definition) is 3. The van der Waals surface area contributed by atoms with Gasteiger partial charge in [-0.25, -0.2) is 9.97 Å². The van der Waals surface area contributed by atoms with Crippen LogP contribution in [-0.4, -0.2) is 17.0 Å².